The van der Waals surface area contributed by atoms with Gasteiger partial charge >= 0.3 is 0 Å². The Morgan fingerprint density at radius 1 is 1.29 bits per heavy atom. The number of morpholine rings is 1. The third kappa shape index (κ3) is 5.10. The lowest BCUT2D eigenvalue weighted by Gasteiger charge is -2.33. The van der Waals surface area contributed by atoms with Gasteiger partial charge in [-0.2, -0.15) is 0 Å². The van der Waals surface area contributed by atoms with E-state index in [-0.39, 0.29) is 0 Å². The summed E-state index contributed by atoms with van der Waals surface area (Å²) in [5.41, 5.74) is 2.36. The Morgan fingerprint density at radius 3 is 2.62 bits per heavy atom. The highest BCUT2D eigenvalue weighted by Gasteiger charge is 2.21. The molecular weight excluding hydrogens is 262 g/mol. The maximum atomic E-state index is 10.4. The largest absolute Gasteiger partial charge is 0.387 e. The SMILES string of the molecule is CCC1CN(CC(O)c2ccc(CC(C)C)cc2)CCO1. The minimum atomic E-state index is -0.409. The Labute approximate surface area is 128 Å². The van der Waals surface area contributed by atoms with Crippen LogP contribution in [0.2, 0.25) is 0 Å². The minimum Gasteiger partial charge on any atom is -0.387 e. The second kappa shape index (κ2) is 7.92. The van der Waals surface area contributed by atoms with Crippen LogP contribution in [0.1, 0.15) is 44.4 Å². The van der Waals surface area contributed by atoms with Gasteiger partial charge in [-0.3, -0.25) is 4.90 Å². The van der Waals surface area contributed by atoms with E-state index in [4.69, 9.17) is 4.74 Å². The van der Waals surface area contributed by atoms with Gasteiger partial charge in [-0.05, 0) is 29.9 Å². The van der Waals surface area contributed by atoms with Crippen molar-refractivity contribution < 1.29 is 9.84 Å². The van der Waals surface area contributed by atoms with Crippen molar-refractivity contribution in [2.24, 2.45) is 5.92 Å². The van der Waals surface area contributed by atoms with Crippen LogP contribution < -0.4 is 0 Å². The summed E-state index contributed by atoms with van der Waals surface area (Å²) in [4.78, 5) is 2.31. The Hall–Kier alpha value is -0.900. The lowest BCUT2D eigenvalue weighted by atomic mass is 10.00. The third-order valence-corrected chi connectivity index (χ3v) is 4.12. The van der Waals surface area contributed by atoms with Crippen LogP contribution >= 0.6 is 0 Å². The Bertz CT molecular complexity index is 416. The average Bonchev–Trinajstić information content (AvgIpc) is 2.47. The molecular formula is C18H29NO2. The zero-order valence-electron chi connectivity index (χ0n) is 13.6. The molecule has 1 aliphatic rings. The fourth-order valence-electron chi connectivity index (χ4n) is 2.89. The monoisotopic (exact) mass is 291 g/mol. The molecule has 1 fully saturated rings. The Balaban J connectivity index is 1.89. The summed E-state index contributed by atoms with van der Waals surface area (Å²) in [6, 6.07) is 8.43. The summed E-state index contributed by atoms with van der Waals surface area (Å²) >= 11 is 0. The smallest absolute Gasteiger partial charge is 0.0916 e. The van der Waals surface area contributed by atoms with Crippen LogP contribution in [0.15, 0.2) is 24.3 Å². The molecule has 0 spiro atoms. The van der Waals surface area contributed by atoms with Gasteiger partial charge in [-0.1, -0.05) is 45.0 Å². The maximum Gasteiger partial charge on any atom is 0.0916 e. The van der Waals surface area contributed by atoms with Crippen molar-refractivity contribution in [2.75, 3.05) is 26.2 Å². The number of benzene rings is 1. The number of rotatable bonds is 6. The van der Waals surface area contributed by atoms with Gasteiger partial charge in [-0.25, -0.2) is 0 Å². The zero-order valence-corrected chi connectivity index (χ0v) is 13.6. The molecule has 1 saturated heterocycles. The molecule has 3 heteroatoms. The van der Waals surface area contributed by atoms with Crippen molar-refractivity contribution in [3.05, 3.63) is 35.4 Å². The molecule has 1 N–H and O–H groups in total. The Kier molecular flexibility index (Phi) is 6.22. The minimum absolute atomic E-state index is 0.319. The van der Waals surface area contributed by atoms with E-state index in [1.807, 2.05) is 0 Å². The van der Waals surface area contributed by atoms with Gasteiger partial charge < -0.3 is 9.84 Å². The van der Waals surface area contributed by atoms with Crippen LogP contribution in [0.3, 0.4) is 0 Å². The van der Waals surface area contributed by atoms with Crippen LogP contribution in [-0.2, 0) is 11.2 Å². The van der Waals surface area contributed by atoms with E-state index in [1.54, 1.807) is 0 Å². The number of hydrogen-bond acceptors (Lipinski definition) is 3. The number of nitrogens with zero attached hydrogens (tertiary/aromatic N) is 1. The molecule has 3 nitrogen and oxygen atoms in total. The molecule has 0 radical (unpaired) electrons. The van der Waals surface area contributed by atoms with Crippen molar-refractivity contribution in [3.63, 3.8) is 0 Å². The standard InChI is InChI=1S/C18H29NO2/c1-4-17-12-19(9-10-21-17)13-18(20)16-7-5-15(6-8-16)11-14(2)3/h5-8,14,17-18,20H,4,9-13H2,1-3H3. The Morgan fingerprint density at radius 2 is 2.00 bits per heavy atom. The highest BCUT2D eigenvalue weighted by atomic mass is 16.5. The van der Waals surface area contributed by atoms with Crippen molar-refractivity contribution in [1.29, 1.82) is 0 Å². The first-order chi connectivity index (χ1) is 10.1. The first-order valence-corrected chi connectivity index (χ1v) is 8.19. The number of aliphatic hydroxyl groups excluding tert-OH is 1. The van der Waals surface area contributed by atoms with Crippen LogP contribution in [0, 0.1) is 5.92 Å². The average molecular weight is 291 g/mol. The van der Waals surface area contributed by atoms with E-state index in [1.165, 1.54) is 5.56 Å². The molecule has 0 saturated carbocycles. The molecule has 0 aliphatic carbocycles. The molecule has 21 heavy (non-hydrogen) atoms. The van der Waals surface area contributed by atoms with E-state index in [2.05, 4.69) is 49.9 Å². The predicted molar refractivity (Wildman–Crippen MR) is 86.4 cm³/mol. The number of ether oxygens (including phenoxy) is 1. The lowest BCUT2D eigenvalue weighted by Crippen LogP contribution is -2.43. The fourth-order valence-corrected chi connectivity index (χ4v) is 2.89. The van der Waals surface area contributed by atoms with Crippen LogP contribution in [0.25, 0.3) is 0 Å². The topological polar surface area (TPSA) is 32.7 Å². The summed E-state index contributed by atoms with van der Waals surface area (Å²) in [5, 5.41) is 10.4. The molecule has 2 rings (SSSR count). The van der Waals surface area contributed by atoms with Gasteiger partial charge in [0.2, 0.25) is 0 Å². The van der Waals surface area contributed by atoms with Crippen molar-refractivity contribution in [1.82, 2.24) is 4.90 Å². The van der Waals surface area contributed by atoms with Gasteiger partial charge in [0, 0.05) is 19.6 Å². The fraction of sp³-hybridized carbons (Fsp3) is 0.667. The quantitative estimate of drug-likeness (QED) is 0.874. The normalized spacial score (nSPS) is 21.7. The second-order valence-electron chi connectivity index (χ2n) is 6.52. The van der Waals surface area contributed by atoms with Gasteiger partial charge in [0.05, 0.1) is 18.8 Å². The summed E-state index contributed by atoms with van der Waals surface area (Å²) < 4.78 is 5.67. The predicted octanol–water partition coefficient (Wildman–Crippen LogP) is 3.03. The molecule has 0 amide bonds. The molecule has 118 valence electrons. The van der Waals surface area contributed by atoms with Crippen molar-refractivity contribution >= 4 is 0 Å². The molecule has 2 unspecified atom stereocenters. The first kappa shape index (κ1) is 16.5. The molecule has 0 aromatic heterocycles. The highest BCUT2D eigenvalue weighted by Crippen LogP contribution is 2.18. The molecule has 1 aromatic carbocycles. The summed E-state index contributed by atoms with van der Waals surface area (Å²) in [6.07, 6.45) is 2.04. The van der Waals surface area contributed by atoms with E-state index in [0.29, 0.717) is 18.6 Å². The number of β-amino-alcohol motifs (C(OH)–C–C–N with tert-alkyl or cyclic N) is 1. The number of aliphatic hydroxyl groups is 1. The maximum absolute atomic E-state index is 10.4. The van der Waals surface area contributed by atoms with Gasteiger partial charge in [0.15, 0.2) is 0 Å². The molecule has 1 heterocycles. The highest BCUT2D eigenvalue weighted by molar-refractivity contribution is 5.24. The van der Waals surface area contributed by atoms with Crippen LogP contribution in [-0.4, -0.2) is 42.4 Å². The second-order valence-corrected chi connectivity index (χ2v) is 6.52. The van der Waals surface area contributed by atoms with Crippen LogP contribution in [0.5, 0.6) is 0 Å². The number of hydrogen-bond donors (Lipinski definition) is 1. The van der Waals surface area contributed by atoms with E-state index in [0.717, 1.165) is 38.1 Å². The summed E-state index contributed by atoms with van der Waals surface area (Å²) in [5.74, 6) is 0.667. The molecule has 2 atom stereocenters. The zero-order chi connectivity index (χ0) is 15.2. The molecule has 0 bridgehead atoms. The third-order valence-electron chi connectivity index (χ3n) is 4.12. The van der Waals surface area contributed by atoms with Crippen molar-refractivity contribution in [2.45, 2.75) is 45.8 Å². The first-order valence-electron chi connectivity index (χ1n) is 8.19. The van der Waals surface area contributed by atoms with Gasteiger partial charge in [0.25, 0.3) is 0 Å². The summed E-state index contributed by atoms with van der Waals surface area (Å²) in [7, 11) is 0. The lowest BCUT2D eigenvalue weighted by molar-refractivity contribution is -0.0418. The van der Waals surface area contributed by atoms with E-state index in [9.17, 15) is 5.11 Å². The van der Waals surface area contributed by atoms with Crippen LogP contribution in [0.4, 0.5) is 0 Å². The molecule has 1 aliphatic heterocycles. The van der Waals surface area contributed by atoms with E-state index >= 15 is 0 Å². The molecule has 1 aromatic rings. The van der Waals surface area contributed by atoms with Gasteiger partial charge in [-0.15, -0.1) is 0 Å². The van der Waals surface area contributed by atoms with Crippen molar-refractivity contribution in [3.8, 4) is 0 Å². The van der Waals surface area contributed by atoms with E-state index < -0.39 is 6.10 Å². The summed E-state index contributed by atoms with van der Waals surface area (Å²) in [6.45, 7) is 9.93. The van der Waals surface area contributed by atoms with Gasteiger partial charge in [0.1, 0.15) is 0 Å².